The first-order chi connectivity index (χ1) is 14.7. The first-order valence-electron chi connectivity index (χ1n) is 9.37. The highest BCUT2D eigenvalue weighted by atomic mass is 19.1. The van der Waals surface area contributed by atoms with Crippen molar-refractivity contribution in [2.24, 2.45) is 0 Å². The second-order valence-electron chi connectivity index (χ2n) is 6.80. The number of ether oxygens (including phenoxy) is 1. The Kier molecular flexibility index (Phi) is 4.37. The monoisotopic (exact) mass is 397 g/mol. The quantitative estimate of drug-likeness (QED) is 0.397. The molecular weight excluding hydrogens is 381 g/mol. The number of nitrogens with zero attached hydrogens (tertiary/aromatic N) is 1. The van der Waals surface area contributed by atoms with Crippen LogP contribution in [0.15, 0.2) is 85.2 Å². The molecule has 30 heavy (non-hydrogen) atoms. The van der Waals surface area contributed by atoms with Crippen molar-refractivity contribution in [3.63, 3.8) is 0 Å². The van der Waals surface area contributed by atoms with E-state index in [4.69, 9.17) is 4.74 Å². The average Bonchev–Trinajstić information content (AvgIpc) is 3.25. The van der Waals surface area contributed by atoms with Gasteiger partial charge in [0.05, 0.1) is 5.39 Å². The molecule has 1 amide bonds. The van der Waals surface area contributed by atoms with E-state index in [1.54, 1.807) is 12.3 Å². The molecule has 2 N–H and O–H groups in total. The number of H-pyrrole nitrogens is 1. The SMILES string of the molecule is O=C(Nc1ccc(F)cc1)c1cccc2cc(Oc3ccnc4[nH]ccc34)ccc12. The smallest absolute Gasteiger partial charge is 0.256 e. The lowest BCUT2D eigenvalue weighted by Gasteiger charge is -2.11. The van der Waals surface area contributed by atoms with Gasteiger partial charge in [-0.3, -0.25) is 4.79 Å². The maximum atomic E-state index is 13.1. The molecule has 0 fully saturated rings. The van der Waals surface area contributed by atoms with Crippen LogP contribution < -0.4 is 10.1 Å². The lowest BCUT2D eigenvalue weighted by molar-refractivity contribution is 0.102. The molecule has 6 heteroatoms. The van der Waals surface area contributed by atoms with E-state index in [2.05, 4.69) is 15.3 Å². The molecular formula is C24H16FN3O2. The zero-order valence-electron chi connectivity index (χ0n) is 15.7. The van der Waals surface area contributed by atoms with Gasteiger partial charge in [-0.15, -0.1) is 0 Å². The van der Waals surface area contributed by atoms with Gasteiger partial charge in [0.25, 0.3) is 5.91 Å². The zero-order valence-corrected chi connectivity index (χ0v) is 15.7. The number of amides is 1. The van der Waals surface area contributed by atoms with Gasteiger partial charge in [0.2, 0.25) is 0 Å². The van der Waals surface area contributed by atoms with Crippen LogP contribution in [0.1, 0.15) is 10.4 Å². The normalized spacial score (nSPS) is 11.0. The number of rotatable bonds is 4. The molecule has 0 aliphatic heterocycles. The van der Waals surface area contributed by atoms with Gasteiger partial charge in [-0.2, -0.15) is 0 Å². The van der Waals surface area contributed by atoms with Crippen LogP contribution >= 0.6 is 0 Å². The van der Waals surface area contributed by atoms with Gasteiger partial charge in [0.1, 0.15) is 23.0 Å². The molecule has 0 bridgehead atoms. The van der Waals surface area contributed by atoms with E-state index >= 15 is 0 Å². The molecule has 0 saturated carbocycles. The van der Waals surface area contributed by atoms with Crippen LogP contribution in [0.3, 0.4) is 0 Å². The van der Waals surface area contributed by atoms with Gasteiger partial charge >= 0.3 is 0 Å². The fourth-order valence-electron chi connectivity index (χ4n) is 3.41. The fraction of sp³-hybridized carbons (Fsp3) is 0. The number of carbonyl (C=O) groups excluding carboxylic acids is 1. The number of hydrogen-bond acceptors (Lipinski definition) is 3. The van der Waals surface area contributed by atoms with Gasteiger partial charge in [-0.1, -0.05) is 12.1 Å². The summed E-state index contributed by atoms with van der Waals surface area (Å²) in [6.07, 6.45) is 3.50. The molecule has 0 atom stereocenters. The van der Waals surface area contributed by atoms with Crippen molar-refractivity contribution in [3.8, 4) is 11.5 Å². The molecule has 0 aliphatic carbocycles. The van der Waals surface area contributed by atoms with Gasteiger partial charge in [-0.05, 0) is 71.4 Å². The third kappa shape index (κ3) is 3.35. The molecule has 0 aliphatic rings. The molecule has 2 heterocycles. The summed E-state index contributed by atoms with van der Waals surface area (Å²) in [5.41, 5.74) is 1.82. The van der Waals surface area contributed by atoms with Crippen molar-refractivity contribution in [1.29, 1.82) is 0 Å². The van der Waals surface area contributed by atoms with Crippen LogP contribution in [0.2, 0.25) is 0 Å². The van der Waals surface area contributed by atoms with E-state index in [9.17, 15) is 9.18 Å². The Morgan fingerprint density at radius 3 is 2.70 bits per heavy atom. The number of benzene rings is 3. The Morgan fingerprint density at radius 1 is 0.967 bits per heavy atom. The van der Waals surface area contributed by atoms with E-state index in [1.807, 2.05) is 48.7 Å². The second-order valence-corrected chi connectivity index (χ2v) is 6.80. The number of pyridine rings is 1. The Bertz CT molecular complexity index is 1380. The van der Waals surface area contributed by atoms with E-state index in [-0.39, 0.29) is 11.7 Å². The predicted octanol–water partition coefficient (Wildman–Crippen LogP) is 5.90. The Hall–Kier alpha value is -4.19. The lowest BCUT2D eigenvalue weighted by atomic mass is 10.0. The molecule has 5 aromatic rings. The molecule has 0 radical (unpaired) electrons. The minimum Gasteiger partial charge on any atom is -0.457 e. The summed E-state index contributed by atoms with van der Waals surface area (Å²) in [6, 6.07) is 20.5. The van der Waals surface area contributed by atoms with Gasteiger partial charge in [0, 0.05) is 23.6 Å². The van der Waals surface area contributed by atoms with Crippen molar-refractivity contribution in [2.45, 2.75) is 0 Å². The van der Waals surface area contributed by atoms with E-state index in [0.29, 0.717) is 22.7 Å². The molecule has 0 spiro atoms. The molecule has 146 valence electrons. The summed E-state index contributed by atoms with van der Waals surface area (Å²) in [4.78, 5) is 20.1. The number of hydrogen-bond donors (Lipinski definition) is 2. The second kappa shape index (κ2) is 7.33. The number of anilines is 1. The van der Waals surface area contributed by atoms with Crippen LogP contribution in [-0.2, 0) is 0 Å². The van der Waals surface area contributed by atoms with Crippen LogP contribution in [0, 0.1) is 5.82 Å². The molecule has 0 saturated heterocycles. The van der Waals surface area contributed by atoms with Crippen LogP contribution in [-0.4, -0.2) is 15.9 Å². The summed E-state index contributed by atoms with van der Waals surface area (Å²) in [5, 5.41) is 5.37. The van der Waals surface area contributed by atoms with E-state index in [1.165, 1.54) is 24.3 Å². The minimum atomic E-state index is -0.350. The third-order valence-electron chi connectivity index (χ3n) is 4.85. The van der Waals surface area contributed by atoms with Crippen LogP contribution in [0.5, 0.6) is 11.5 Å². The van der Waals surface area contributed by atoms with Crippen molar-refractivity contribution in [3.05, 3.63) is 96.6 Å². The number of halogens is 1. The number of aromatic amines is 1. The molecule has 5 nitrogen and oxygen atoms in total. The molecule has 3 aromatic carbocycles. The topological polar surface area (TPSA) is 67.0 Å². The summed E-state index contributed by atoms with van der Waals surface area (Å²) < 4.78 is 19.2. The summed E-state index contributed by atoms with van der Waals surface area (Å²) in [7, 11) is 0. The van der Waals surface area contributed by atoms with Crippen molar-refractivity contribution in [1.82, 2.24) is 9.97 Å². The zero-order chi connectivity index (χ0) is 20.5. The van der Waals surface area contributed by atoms with Crippen LogP contribution in [0.25, 0.3) is 21.8 Å². The van der Waals surface area contributed by atoms with Crippen LogP contribution in [0.4, 0.5) is 10.1 Å². The highest BCUT2D eigenvalue weighted by Gasteiger charge is 2.12. The number of fused-ring (bicyclic) bond motifs is 2. The third-order valence-corrected chi connectivity index (χ3v) is 4.85. The van der Waals surface area contributed by atoms with E-state index in [0.717, 1.165) is 21.8 Å². The maximum Gasteiger partial charge on any atom is 0.256 e. The highest BCUT2D eigenvalue weighted by molar-refractivity contribution is 6.13. The van der Waals surface area contributed by atoms with Gasteiger partial charge in [-0.25, -0.2) is 9.37 Å². The summed E-state index contributed by atoms with van der Waals surface area (Å²) >= 11 is 0. The number of aromatic nitrogens is 2. The maximum absolute atomic E-state index is 13.1. The van der Waals surface area contributed by atoms with Crippen molar-refractivity contribution >= 4 is 33.4 Å². The summed E-state index contributed by atoms with van der Waals surface area (Å²) in [5.74, 6) is 0.749. The first kappa shape index (κ1) is 17.9. The Morgan fingerprint density at radius 2 is 1.83 bits per heavy atom. The Labute approximate surface area is 171 Å². The van der Waals surface area contributed by atoms with Crippen molar-refractivity contribution < 1.29 is 13.9 Å². The largest absolute Gasteiger partial charge is 0.457 e. The predicted molar refractivity (Wildman–Crippen MR) is 114 cm³/mol. The van der Waals surface area contributed by atoms with Crippen molar-refractivity contribution in [2.75, 3.05) is 5.32 Å². The standard InChI is InChI=1S/C24H16FN3O2/c25-16-4-6-17(7-5-16)28-24(29)20-3-1-2-15-14-18(8-9-19(15)20)30-22-11-13-27-23-21(22)10-12-26-23/h1-14H,(H,26,27)(H,28,29). The molecule has 2 aromatic heterocycles. The van der Waals surface area contributed by atoms with Gasteiger partial charge < -0.3 is 15.0 Å². The molecule has 5 rings (SSSR count). The average molecular weight is 397 g/mol. The fourth-order valence-corrected chi connectivity index (χ4v) is 3.41. The van der Waals surface area contributed by atoms with Gasteiger partial charge in [0.15, 0.2) is 0 Å². The summed E-state index contributed by atoms with van der Waals surface area (Å²) in [6.45, 7) is 0. The lowest BCUT2D eigenvalue weighted by Crippen LogP contribution is -2.12. The molecule has 0 unspecified atom stereocenters. The number of nitrogens with one attached hydrogen (secondary N) is 2. The Balaban J connectivity index is 1.45. The minimum absolute atomic E-state index is 0.260. The number of carbonyl (C=O) groups is 1. The highest BCUT2D eigenvalue weighted by Crippen LogP contribution is 2.31. The first-order valence-corrected chi connectivity index (χ1v) is 9.37. The van der Waals surface area contributed by atoms with E-state index < -0.39 is 0 Å².